The van der Waals surface area contributed by atoms with E-state index in [4.69, 9.17) is 16.0 Å². The molecule has 9 nitrogen and oxygen atoms in total. The molecule has 45 heavy (non-hydrogen) atoms. The molecule has 11 heteroatoms. The third kappa shape index (κ3) is 5.26. The molecule has 0 spiro atoms. The van der Waals surface area contributed by atoms with Crippen LogP contribution in [0.4, 0.5) is 0 Å². The van der Waals surface area contributed by atoms with Crippen LogP contribution in [-0.4, -0.2) is 61.0 Å². The van der Waals surface area contributed by atoms with E-state index in [9.17, 15) is 19.2 Å². The van der Waals surface area contributed by atoms with Gasteiger partial charge in [0.15, 0.2) is 31.5 Å². The molecule has 2 saturated heterocycles. The fraction of sp³-hybridized carbons (Fsp3) is 0.324. The van der Waals surface area contributed by atoms with Gasteiger partial charge in [-0.15, -0.1) is 0 Å². The highest BCUT2D eigenvalue weighted by Crippen LogP contribution is 2.61. The maximum Gasteiger partial charge on any atom is 0.261 e. The van der Waals surface area contributed by atoms with E-state index in [0.29, 0.717) is 17.1 Å². The molecule has 3 aliphatic heterocycles. The van der Waals surface area contributed by atoms with E-state index >= 15 is 0 Å². The summed E-state index contributed by atoms with van der Waals surface area (Å²) in [6, 6.07) is 22.6. The summed E-state index contributed by atoms with van der Waals surface area (Å²) in [6.07, 6.45) is 0.0237. The lowest BCUT2D eigenvalue weighted by molar-refractivity contribution is -0.163. The number of rotatable bonds is 7. The number of likely N-dealkylation sites (N-methyl/N-ethyl adjacent to an activating group) is 1. The van der Waals surface area contributed by atoms with Gasteiger partial charge in [0.05, 0.1) is 6.42 Å². The summed E-state index contributed by atoms with van der Waals surface area (Å²) in [7, 11) is 1.49. The van der Waals surface area contributed by atoms with Gasteiger partial charge >= 0.3 is 0 Å². The Hall–Kier alpha value is -4.27. The highest BCUT2D eigenvalue weighted by atomic mass is 32.2. The summed E-state index contributed by atoms with van der Waals surface area (Å²) >= 11 is 1.58. The van der Waals surface area contributed by atoms with Crippen molar-refractivity contribution < 1.29 is 28.7 Å². The van der Waals surface area contributed by atoms with E-state index in [1.165, 1.54) is 16.8 Å². The van der Waals surface area contributed by atoms with Crippen LogP contribution >= 0.6 is 23.5 Å². The largest absolute Gasteiger partial charge is 0.454 e. The molecule has 0 radical (unpaired) electrons. The van der Waals surface area contributed by atoms with Crippen LogP contribution in [0.25, 0.3) is 4.85 Å². The Labute approximate surface area is 270 Å². The topological polar surface area (TPSA) is 97.6 Å². The lowest BCUT2D eigenvalue weighted by Gasteiger charge is -2.52. The van der Waals surface area contributed by atoms with Crippen molar-refractivity contribution in [1.29, 1.82) is 0 Å². The van der Waals surface area contributed by atoms with Crippen LogP contribution in [0.15, 0.2) is 78.9 Å². The van der Waals surface area contributed by atoms with Crippen LogP contribution in [0.5, 0.6) is 11.5 Å². The Morgan fingerprint density at radius 1 is 0.867 bits per heavy atom. The minimum absolute atomic E-state index is 0.0390. The Bertz CT molecular complexity index is 1730. The van der Waals surface area contributed by atoms with E-state index in [0.717, 1.165) is 34.7 Å². The smallest absolute Gasteiger partial charge is 0.261 e. The lowest BCUT2D eigenvalue weighted by Crippen LogP contribution is -2.71. The molecule has 2 amide bonds. The number of thioether (sulfide) groups is 2. The number of nitrogens with zero attached hydrogens (tertiary/aromatic N) is 3. The van der Waals surface area contributed by atoms with Crippen molar-refractivity contribution >= 4 is 45.6 Å². The highest BCUT2D eigenvalue weighted by molar-refractivity contribution is 8.16. The Morgan fingerprint density at radius 3 is 2.04 bits per heavy atom. The van der Waals surface area contributed by atoms with E-state index in [-0.39, 0.29) is 36.3 Å². The summed E-state index contributed by atoms with van der Waals surface area (Å²) in [6.45, 7) is 11.6. The van der Waals surface area contributed by atoms with Gasteiger partial charge in [-0.1, -0.05) is 66.7 Å². The third-order valence-corrected chi connectivity index (χ3v) is 11.1. The molecule has 2 fully saturated rings. The second kappa shape index (κ2) is 11.6. The van der Waals surface area contributed by atoms with Gasteiger partial charge < -0.3 is 24.1 Å². The minimum atomic E-state index is -1.71. The van der Waals surface area contributed by atoms with Crippen LogP contribution in [0, 0.1) is 6.57 Å². The van der Waals surface area contributed by atoms with Crippen LogP contribution in [0.3, 0.4) is 0 Å². The molecule has 0 N–H and O–H groups in total. The molecule has 3 aromatic rings. The van der Waals surface area contributed by atoms with Gasteiger partial charge in [-0.25, -0.2) is 6.57 Å². The average molecular weight is 642 g/mol. The molecule has 0 aromatic heterocycles. The number of carbonyl (C=O) groups excluding carboxylic acids is 4. The highest BCUT2D eigenvalue weighted by Gasteiger charge is 2.74. The standard InChI is InChI=1S/C34H31N3O6S2/c1-32(35-3)20-34(45-28(39)18-23-13-9-6-10-14-23)31(41)36(4)33(2,44-27(38)17-22-11-7-5-8-12-22)30(40)37(34)29(32)24-15-16-25-26(19-24)43-21-42-25/h5-16,19,29H,17-18,20-21H2,1-2,4H3/t29-,32-,33-,34-/m0/s1. The molecule has 0 aliphatic carbocycles. The molecule has 0 bridgehead atoms. The average Bonchev–Trinajstić information content (AvgIpc) is 3.60. The normalized spacial score (nSPS) is 26.8. The number of carbonyl (C=O) groups is 4. The lowest BCUT2D eigenvalue weighted by atomic mass is 9.87. The maximum absolute atomic E-state index is 14.9. The molecule has 0 saturated carbocycles. The van der Waals surface area contributed by atoms with Gasteiger partial charge in [0.1, 0.15) is 6.04 Å². The first-order valence-corrected chi connectivity index (χ1v) is 16.1. The van der Waals surface area contributed by atoms with E-state index in [2.05, 4.69) is 4.85 Å². The predicted molar refractivity (Wildman–Crippen MR) is 171 cm³/mol. The second-order valence-electron chi connectivity index (χ2n) is 11.7. The summed E-state index contributed by atoms with van der Waals surface area (Å²) in [5.74, 6) is -0.0268. The molecule has 230 valence electrons. The van der Waals surface area contributed by atoms with Crippen molar-refractivity contribution in [3.8, 4) is 11.5 Å². The van der Waals surface area contributed by atoms with E-state index in [1.807, 2.05) is 60.7 Å². The first-order chi connectivity index (χ1) is 21.5. The van der Waals surface area contributed by atoms with Gasteiger partial charge in [-0.05, 0) is 59.3 Å². The van der Waals surface area contributed by atoms with Crippen molar-refractivity contribution in [3.05, 3.63) is 107 Å². The van der Waals surface area contributed by atoms with Gasteiger partial charge in [0.2, 0.25) is 6.79 Å². The predicted octanol–water partition coefficient (Wildman–Crippen LogP) is 5.26. The first kappa shape index (κ1) is 30.7. The zero-order valence-corrected chi connectivity index (χ0v) is 26.7. The molecular formula is C34H31N3O6S2. The molecule has 6 rings (SSSR count). The summed E-state index contributed by atoms with van der Waals surface area (Å²) in [5, 5.41) is -0.598. The van der Waals surface area contributed by atoms with Crippen LogP contribution in [0.1, 0.15) is 43.0 Å². The number of piperazine rings is 1. The van der Waals surface area contributed by atoms with Crippen molar-refractivity contribution in [3.63, 3.8) is 0 Å². The molecule has 0 unspecified atom stereocenters. The minimum Gasteiger partial charge on any atom is -0.454 e. The van der Waals surface area contributed by atoms with Gasteiger partial charge in [-0.3, -0.25) is 19.2 Å². The molecule has 3 heterocycles. The number of amides is 2. The summed E-state index contributed by atoms with van der Waals surface area (Å²) in [4.78, 5) is 60.1. The van der Waals surface area contributed by atoms with E-state index in [1.54, 1.807) is 32.0 Å². The fourth-order valence-electron chi connectivity index (χ4n) is 6.38. The summed E-state index contributed by atoms with van der Waals surface area (Å²) < 4.78 is 11.1. The monoisotopic (exact) mass is 641 g/mol. The molecule has 3 aliphatic rings. The first-order valence-electron chi connectivity index (χ1n) is 14.4. The zero-order valence-electron chi connectivity index (χ0n) is 25.0. The third-order valence-electron chi connectivity index (χ3n) is 8.67. The van der Waals surface area contributed by atoms with Gasteiger partial charge in [-0.2, -0.15) is 0 Å². The quantitative estimate of drug-likeness (QED) is 0.323. The van der Waals surface area contributed by atoms with Gasteiger partial charge in [0, 0.05) is 26.8 Å². The maximum atomic E-state index is 14.9. The van der Waals surface area contributed by atoms with Crippen molar-refractivity contribution in [1.82, 2.24) is 9.80 Å². The Kier molecular flexibility index (Phi) is 7.91. The number of hydrogen-bond acceptors (Lipinski definition) is 8. The van der Waals surface area contributed by atoms with Gasteiger partial charge in [0.25, 0.3) is 17.4 Å². The fourth-order valence-corrected chi connectivity index (χ4v) is 8.96. The Balaban J connectivity index is 1.44. The number of hydrogen-bond donors (Lipinski definition) is 0. The van der Waals surface area contributed by atoms with Crippen molar-refractivity contribution in [2.75, 3.05) is 13.8 Å². The number of fused-ring (bicyclic) bond motifs is 2. The SMILES string of the molecule is [C-]#[N+][C@@]1(C)C[C@]2(SC(=O)Cc3ccccc3)C(=O)N(C)[C@@](C)(SC(=O)Cc3ccccc3)C(=O)N2[C@H]1c1ccc2c(c1)OCO2. The van der Waals surface area contributed by atoms with E-state index < -0.39 is 33.1 Å². The second-order valence-corrected chi connectivity index (χ2v) is 14.5. The summed E-state index contributed by atoms with van der Waals surface area (Å²) in [5.41, 5.74) is 0.840. The Morgan fingerprint density at radius 2 is 1.44 bits per heavy atom. The van der Waals surface area contributed by atoms with Crippen LogP contribution in [-0.2, 0) is 32.0 Å². The van der Waals surface area contributed by atoms with Crippen molar-refractivity contribution in [2.45, 2.75) is 54.4 Å². The number of benzene rings is 3. The van der Waals surface area contributed by atoms with Crippen LogP contribution in [0.2, 0.25) is 0 Å². The molecule has 3 aromatic carbocycles. The molecule has 4 atom stereocenters. The molecular weight excluding hydrogens is 611 g/mol. The van der Waals surface area contributed by atoms with Crippen molar-refractivity contribution in [2.24, 2.45) is 0 Å². The zero-order chi connectivity index (χ0) is 32.0. The van der Waals surface area contributed by atoms with Crippen LogP contribution < -0.4 is 9.47 Å². The number of ether oxygens (including phenoxy) is 2.